The molecule has 1 heterocycles. The van der Waals surface area contributed by atoms with Crippen molar-refractivity contribution < 1.29 is 18.3 Å². The largest absolute Gasteiger partial charge is 0.481 e. The molecule has 0 unspecified atom stereocenters. The van der Waals surface area contributed by atoms with Gasteiger partial charge in [-0.05, 0) is 44.2 Å². The fourth-order valence-corrected chi connectivity index (χ4v) is 5.33. The van der Waals surface area contributed by atoms with E-state index in [0.717, 1.165) is 16.9 Å². The van der Waals surface area contributed by atoms with Crippen LogP contribution in [0.4, 0.5) is 0 Å². The summed E-state index contributed by atoms with van der Waals surface area (Å²) in [5, 5.41) is 8.92. The lowest BCUT2D eigenvalue weighted by molar-refractivity contribution is -0.142. The Hall–Kier alpha value is -0.630. The molecule has 0 aromatic carbocycles. The van der Waals surface area contributed by atoms with Crippen LogP contribution in [-0.4, -0.2) is 25.5 Å². The maximum absolute atomic E-state index is 12.2. The van der Waals surface area contributed by atoms with E-state index in [4.69, 9.17) is 16.7 Å². The minimum absolute atomic E-state index is 0.197. The van der Waals surface area contributed by atoms with Gasteiger partial charge in [-0.1, -0.05) is 11.6 Å². The molecule has 8 heteroatoms. The molecule has 2 N–H and O–H groups in total. The van der Waals surface area contributed by atoms with E-state index in [1.54, 1.807) is 13.0 Å². The standard InChI is InChI=1S/C12H16ClNO4S2/c1-7-6-10(19-11(7)13)20(17,18)14-9-4-2-8(3-5-9)12(15)16/h6,8-9,14H,2-5H2,1H3,(H,15,16). The van der Waals surface area contributed by atoms with Crippen LogP contribution in [0.15, 0.2) is 10.3 Å². The summed E-state index contributed by atoms with van der Waals surface area (Å²) >= 11 is 6.93. The molecule has 5 nitrogen and oxygen atoms in total. The lowest BCUT2D eigenvalue weighted by atomic mass is 9.87. The summed E-state index contributed by atoms with van der Waals surface area (Å²) in [4.78, 5) is 10.9. The molecule has 112 valence electrons. The lowest BCUT2D eigenvalue weighted by Gasteiger charge is -2.26. The molecule has 20 heavy (non-hydrogen) atoms. The first kappa shape index (κ1) is 15.8. The van der Waals surface area contributed by atoms with Crippen LogP contribution >= 0.6 is 22.9 Å². The van der Waals surface area contributed by atoms with Crippen LogP contribution in [-0.2, 0) is 14.8 Å². The summed E-state index contributed by atoms with van der Waals surface area (Å²) in [5.74, 6) is -1.15. The monoisotopic (exact) mass is 337 g/mol. The van der Waals surface area contributed by atoms with Crippen molar-refractivity contribution >= 4 is 38.9 Å². The molecule has 1 aliphatic rings. The van der Waals surface area contributed by atoms with Crippen LogP contribution in [0.1, 0.15) is 31.2 Å². The van der Waals surface area contributed by atoms with Gasteiger partial charge < -0.3 is 5.11 Å². The Morgan fingerprint density at radius 2 is 2.00 bits per heavy atom. The number of rotatable bonds is 4. The van der Waals surface area contributed by atoms with Crippen LogP contribution in [0.2, 0.25) is 4.34 Å². The van der Waals surface area contributed by atoms with E-state index in [2.05, 4.69) is 4.72 Å². The van der Waals surface area contributed by atoms with Gasteiger partial charge in [-0.25, -0.2) is 13.1 Å². The highest BCUT2D eigenvalue weighted by Crippen LogP contribution is 2.31. The Balaban J connectivity index is 2.01. The van der Waals surface area contributed by atoms with Crippen molar-refractivity contribution in [2.24, 2.45) is 5.92 Å². The fraction of sp³-hybridized carbons (Fsp3) is 0.583. The lowest BCUT2D eigenvalue weighted by Crippen LogP contribution is -2.38. The summed E-state index contributed by atoms with van der Waals surface area (Å²) in [5.41, 5.74) is 0.742. The van der Waals surface area contributed by atoms with Gasteiger partial charge in [-0.2, -0.15) is 0 Å². The molecule has 1 fully saturated rings. The summed E-state index contributed by atoms with van der Waals surface area (Å²) in [7, 11) is -3.56. The number of hydrogen-bond donors (Lipinski definition) is 2. The summed E-state index contributed by atoms with van der Waals surface area (Å²) in [6.07, 6.45) is 2.11. The molecule has 1 aromatic heterocycles. The molecule has 0 aliphatic heterocycles. The first-order valence-electron chi connectivity index (χ1n) is 6.30. The quantitative estimate of drug-likeness (QED) is 0.884. The van der Waals surface area contributed by atoms with Gasteiger partial charge in [0.2, 0.25) is 10.0 Å². The molecular weight excluding hydrogens is 322 g/mol. The average Bonchev–Trinajstić information content (AvgIpc) is 2.71. The van der Waals surface area contributed by atoms with E-state index in [1.165, 1.54) is 0 Å². The second kappa shape index (κ2) is 6.01. The molecule has 1 saturated carbocycles. The molecule has 1 aromatic rings. The van der Waals surface area contributed by atoms with Gasteiger partial charge >= 0.3 is 5.97 Å². The van der Waals surface area contributed by atoms with Gasteiger partial charge in [-0.3, -0.25) is 4.79 Å². The van der Waals surface area contributed by atoms with Crippen molar-refractivity contribution in [3.63, 3.8) is 0 Å². The number of aryl methyl sites for hydroxylation is 1. The second-order valence-corrected chi connectivity index (χ2v) is 8.63. The van der Waals surface area contributed by atoms with E-state index in [-0.39, 0.29) is 16.2 Å². The Labute approximate surface area is 127 Å². The van der Waals surface area contributed by atoms with Crippen molar-refractivity contribution in [3.8, 4) is 0 Å². The average molecular weight is 338 g/mol. The molecule has 0 bridgehead atoms. The van der Waals surface area contributed by atoms with Crippen LogP contribution in [0.25, 0.3) is 0 Å². The number of carboxylic acid groups (broad SMARTS) is 1. The maximum Gasteiger partial charge on any atom is 0.306 e. The Kier molecular flexibility index (Phi) is 4.73. The Morgan fingerprint density at radius 3 is 2.45 bits per heavy atom. The second-order valence-electron chi connectivity index (χ2n) is 5.03. The van der Waals surface area contributed by atoms with Crippen LogP contribution in [0.5, 0.6) is 0 Å². The SMILES string of the molecule is Cc1cc(S(=O)(=O)NC2CCC(C(=O)O)CC2)sc1Cl. The maximum atomic E-state index is 12.2. The third-order valence-electron chi connectivity index (χ3n) is 3.50. The zero-order valence-corrected chi connectivity index (χ0v) is 13.3. The number of aliphatic carboxylic acids is 1. The molecule has 0 atom stereocenters. The van der Waals surface area contributed by atoms with Gasteiger partial charge in [0.1, 0.15) is 4.21 Å². The topological polar surface area (TPSA) is 83.5 Å². The minimum Gasteiger partial charge on any atom is -0.481 e. The third-order valence-corrected chi connectivity index (χ3v) is 7.05. The molecule has 0 radical (unpaired) electrons. The number of nitrogens with one attached hydrogen (secondary N) is 1. The summed E-state index contributed by atoms with van der Waals surface area (Å²) in [6.45, 7) is 1.76. The first-order chi connectivity index (χ1) is 9.29. The van der Waals surface area contributed by atoms with E-state index in [9.17, 15) is 13.2 Å². The summed E-state index contributed by atoms with van der Waals surface area (Å²) < 4.78 is 27.7. The predicted octanol–water partition coefficient (Wildman–Crippen LogP) is 2.63. The molecule has 0 amide bonds. The molecular formula is C12H16ClNO4S2. The van der Waals surface area contributed by atoms with Gasteiger partial charge in [0.05, 0.1) is 10.3 Å². The van der Waals surface area contributed by atoms with Gasteiger partial charge in [-0.15, -0.1) is 11.3 Å². The first-order valence-corrected chi connectivity index (χ1v) is 8.98. The summed E-state index contributed by atoms with van der Waals surface area (Å²) in [6, 6.07) is 1.36. The zero-order chi connectivity index (χ0) is 14.9. The highest BCUT2D eigenvalue weighted by atomic mass is 35.5. The molecule has 1 aliphatic carbocycles. The van der Waals surface area contributed by atoms with Gasteiger partial charge in [0, 0.05) is 6.04 Å². The fourth-order valence-electron chi connectivity index (χ4n) is 2.30. The van der Waals surface area contributed by atoms with E-state index >= 15 is 0 Å². The van der Waals surface area contributed by atoms with Crippen LogP contribution < -0.4 is 4.72 Å². The Morgan fingerprint density at radius 1 is 1.40 bits per heavy atom. The van der Waals surface area contributed by atoms with Gasteiger partial charge in [0.25, 0.3) is 0 Å². The Bertz CT molecular complexity index is 583. The number of thiophene rings is 1. The van der Waals surface area contributed by atoms with Crippen molar-refractivity contribution in [1.29, 1.82) is 0 Å². The highest BCUT2D eigenvalue weighted by molar-refractivity contribution is 7.91. The molecule has 0 spiro atoms. The number of hydrogen-bond acceptors (Lipinski definition) is 4. The number of carboxylic acids is 1. The smallest absolute Gasteiger partial charge is 0.306 e. The molecule has 0 saturated heterocycles. The zero-order valence-electron chi connectivity index (χ0n) is 10.9. The van der Waals surface area contributed by atoms with Crippen molar-refractivity contribution in [3.05, 3.63) is 16.0 Å². The van der Waals surface area contributed by atoms with Crippen LogP contribution in [0.3, 0.4) is 0 Å². The highest BCUT2D eigenvalue weighted by Gasteiger charge is 2.29. The normalized spacial score (nSPS) is 23.7. The van der Waals surface area contributed by atoms with E-state index in [1.807, 2.05) is 0 Å². The van der Waals surface area contributed by atoms with E-state index in [0.29, 0.717) is 30.0 Å². The number of halogens is 1. The predicted molar refractivity (Wildman–Crippen MR) is 77.8 cm³/mol. The third kappa shape index (κ3) is 3.52. The number of sulfonamides is 1. The van der Waals surface area contributed by atoms with Crippen molar-refractivity contribution in [1.82, 2.24) is 4.72 Å². The van der Waals surface area contributed by atoms with E-state index < -0.39 is 16.0 Å². The number of carbonyl (C=O) groups is 1. The minimum atomic E-state index is -3.56. The molecule has 2 rings (SSSR count). The van der Waals surface area contributed by atoms with Gasteiger partial charge in [0.15, 0.2) is 0 Å². The van der Waals surface area contributed by atoms with Crippen molar-refractivity contribution in [2.45, 2.75) is 42.9 Å². The van der Waals surface area contributed by atoms with Crippen molar-refractivity contribution in [2.75, 3.05) is 0 Å². The van der Waals surface area contributed by atoms with Crippen LogP contribution in [0, 0.1) is 12.8 Å².